The van der Waals surface area contributed by atoms with Crippen LogP contribution in [0.4, 0.5) is 0 Å². The average Bonchev–Trinajstić information content (AvgIpc) is 2.89. The van der Waals surface area contributed by atoms with Crippen LogP contribution in [0.5, 0.6) is 0 Å². The molecular formula is C16H21N3O2. The van der Waals surface area contributed by atoms with Gasteiger partial charge in [0.2, 0.25) is 0 Å². The van der Waals surface area contributed by atoms with Gasteiger partial charge in [0, 0.05) is 18.3 Å². The van der Waals surface area contributed by atoms with Crippen LogP contribution in [-0.4, -0.2) is 28.9 Å². The molecule has 0 radical (unpaired) electrons. The molecule has 0 spiro atoms. The SMILES string of the molecule is CC[C@@H](NCc1cn(-c2ccccc2)nc1C)C(=O)OC. The Morgan fingerprint density at radius 1 is 1.38 bits per heavy atom. The first-order valence-corrected chi connectivity index (χ1v) is 7.07. The first-order valence-electron chi connectivity index (χ1n) is 7.07. The second kappa shape index (κ2) is 7.04. The Kier molecular flexibility index (Phi) is 5.11. The standard InChI is InChI=1S/C16H21N3O2/c1-4-15(16(20)21-3)17-10-13-11-19(18-12(13)2)14-8-6-5-7-9-14/h5-9,11,15,17H,4,10H2,1-3H3/t15-/m1/s1. The van der Waals surface area contributed by atoms with E-state index in [-0.39, 0.29) is 12.0 Å². The number of para-hydroxylation sites is 1. The quantitative estimate of drug-likeness (QED) is 0.828. The van der Waals surface area contributed by atoms with Crippen LogP contribution in [0.3, 0.4) is 0 Å². The number of carbonyl (C=O) groups excluding carboxylic acids is 1. The third-order valence-corrected chi connectivity index (χ3v) is 3.45. The van der Waals surface area contributed by atoms with Gasteiger partial charge in [0.05, 0.1) is 18.5 Å². The number of carbonyl (C=O) groups is 1. The van der Waals surface area contributed by atoms with Gasteiger partial charge in [0.25, 0.3) is 0 Å². The van der Waals surface area contributed by atoms with Crippen molar-refractivity contribution in [3.05, 3.63) is 47.8 Å². The highest BCUT2D eigenvalue weighted by Crippen LogP contribution is 2.12. The number of nitrogens with zero attached hydrogens (tertiary/aromatic N) is 2. The van der Waals surface area contributed by atoms with Crippen LogP contribution in [0.25, 0.3) is 5.69 Å². The van der Waals surface area contributed by atoms with Crippen molar-refractivity contribution in [3.63, 3.8) is 0 Å². The number of aromatic nitrogens is 2. The Bertz CT molecular complexity index is 593. The molecule has 1 aromatic heterocycles. The van der Waals surface area contributed by atoms with Gasteiger partial charge < -0.3 is 10.1 Å². The number of aryl methyl sites for hydroxylation is 1. The van der Waals surface area contributed by atoms with E-state index in [0.717, 1.165) is 16.9 Å². The van der Waals surface area contributed by atoms with E-state index in [1.807, 2.05) is 55.1 Å². The van der Waals surface area contributed by atoms with E-state index < -0.39 is 0 Å². The monoisotopic (exact) mass is 287 g/mol. The smallest absolute Gasteiger partial charge is 0.322 e. The van der Waals surface area contributed by atoms with Crippen molar-refractivity contribution in [2.24, 2.45) is 0 Å². The molecular weight excluding hydrogens is 266 g/mol. The van der Waals surface area contributed by atoms with Crippen molar-refractivity contribution in [2.75, 3.05) is 7.11 Å². The number of benzene rings is 1. The van der Waals surface area contributed by atoms with E-state index in [0.29, 0.717) is 13.0 Å². The largest absolute Gasteiger partial charge is 0.468 e. The molecule has 0 aliphatic carbocycles. The minimum atomic E-state index is -0.283. The average molecular weight is 287 g/mol. The van der Waals surface area contributed by atoms with Gasteiger partial charge in [-0.1, -0.05) is 25.1 Å². The van der Waals surface area contributed by atoms with E-state index in [9.17, 15) is 4.79 Å². The van der Waals surface area contributed by atoms with Crippen molar-refractivity contribution in [1.29, 1.82) is 0 Å². The van der Waals surface area contributed by atoms with E-state index in [2.05, 4.69) is 10.4 Å². The van der Waals surface area contributed by atoms with E-state index >= 15 is 0 Å². The zero-order valence-electron chi connectivity index (χ0n) is 12.7. The summed E-state index contributed by atoms with van der Waals surface area (Å²) >= 11 is 0. The predicted molar refractivity (Wildman–Crippen MR) is 81.2 cm³/mol. The van der Waals surface area contributed by atoms with Gasteiger partial charge in [-0.3, -0.25) is 4.79 Å². The van der Waals surface area contributed by atoms with Crippen LogP contribution in [0.1, 0.15) is 24.6 Å². The molecule has 0 fully saturated rings. The van der Waals surface area contributed by atoms with Gasteiger partial charge in [-0.2, -0.15) is 5.10 Å². The first kappa shape index (κ1) is 15.3. The highest BCUT2D eigenvalue weighted by molar-refractivity contribution is 5.75. The number of ether oxygens (including phenoxy) is 1. The number of rotatable bonds is 6. The topological polar surface area (TPSA) is 56.2 Å². The Labute approximate surface area is 124 Å². The normalized spacial score (nSPS) is 12.1. The minimum Gasteiger partial charge on any atom is -0.468 e. The summed E-state index contributed by atoms with van der Waals surface area (Å²) in [5.41, 5.74) is 3.04. The number of hydrogen-bond acceptors (Lipinski definition) is 4. The molecule has 5 heteroatoms. The third kappa shape index (κ3) is 3.70. The fourth-order valence-corrected chi connectivity index (χ4v) is 2.15. The number of hydrogen-bond donors (Lipinski definition) is 1. The van der Waals surface area contributed by atoms with Crippen LogP contribution in [0.2, 0.25) is 0 Å². The summed E-state index contributed by atoms with van der Waals surface area (Å²) < 4.78 is 6.63. The molecule has 2 aromatic rings. The fraction of sp³-hybridized carbons (Fsp3) is 0.375. The fourth-order valence-electron chi connectivity index (χ4n) is 2.15. The molecule has 5 nitrogen and oxygen atoms in total. The zero-order valence-corrected chi connectivity index (χ0v) is 12.7. The van der Waals surface area contributed by atoms with Crippen molar-refractivity contribution < 1.29 is 9.53 Å². The molecule has 0 saturated heterocycles. The summed E-state index contributed by atoms with van der Waals surface area (Å²) in [4.78, 5) is 11.6. The summed E-state index contributed by atoms with van der Waals surface area (Å²) in [5, 5.41) is 7.72. The maximum atomic E-state index is 11.6. The van der Waals surface area contributed by atoms with Crippen molar-refractivity contribution >= 4 is 5.97 Å². The highest BCUT2D eigenvalue weighted by atomic mass is 16.5. The number of esters is 1. The number of methoxy groups -OCH3 is 1. The van der Waals surface area contributed by atoms with Crippen LogP contribution < -0.4 is 5.32 Å². The second-order valence-corrected chi connectivity index (χ2v) is 4.88. The molecule has 1 aromatic carbocycles. The predicted octanol–water partition coefficient (Wildman–Crippen LogP) is 2.22. The summed E-state index contributed by atoms with van der Waals surface area (Å²) in [6, 6.07) is 9.67. The molecule has 0 unspecified atom stereocenters. The summed E-state index contributed by atoms with van der Waals surface area (Å²) in [6.45, 7) is 4.51. The van der Waals surface area contributed by atoms with Crippen molar-refractivity contribution in [1.82, 2.24) is 15.1 Å². The van der Waals surface area contributed by atoms with Gasteiger partial charge >= 0.3 is 5.97 Å². The lowest BCUT2D eigenvalue weighted by molar-refractivity contribution is -0.143. The lowest BCUT2D eigenvalue weighted by Crippen LogP contribution is -2.36. The molecule has 21 heavy (non-hydrogen) atoms. The second-order valence-electron chi connectivity index (χ2n) is 4.88. The third-order valence-electron chi connectivity index (χ3n) is 3.45. The Morgan fingerprint density at radius 2 is 2.10 bits per heavy atom. The first-order chi connectivity index (χ1) is 10.2. The van der Waals surface area contributed by atoms with Crippen LogP contribution in [-0.2, 0) is 16.1 Å². The molecule has 112 valence electrons. The lowest BCUT2D eigenvalue weighted by atomic mass is 10.2. The summed E-state index contributed by atoms with van der Waals surface area (Å²) in [6.07, 6.45) is 2.68. The van der Waals surface area contributed by atoms with Crippen molar-refractivity contribution in [2.45, 2.75) is 32.9 Å². The molecule has 0 aliphatic heterocycles. The molecule has 0 aliphatic rings. The summed E-state index contributed by atoms with van der Waals surface area (Å²) in [5.74, 6) is -0.231. The highest BCUT2D eigenvalue weighted by Gasteiger charge is 2.17. The molecule has 0 bridgehead atoms. The van der Waals surface area contributed by atoms with Crippen LogP contribution in [0, 0.1) is 6.92 Å². The van der Waals surface area contributed by atoms with Gasteiger partial charge in [0.1, 0.15) is 6.04 Å². The Balaban J connectivity index is 2.08. The molecule has 0 amide bonds. The lowest BCUT2D eigenvalue weighted by Gasteiger charge is -2.13. The van der Waals surface area contributed by atoms with E-state index in [4.69, 9.17) is 4.74 Å². The van der Waals surface area contributed by atoms with E-state index in [1.165, 1.54) is 7.11 Å². The molecule has 1 heterocycles. The maximum absolute atomic E-state index is 11.6. The molecule has 1 N–H and O–H groups in total. The van der Waals surface area contributed by atoms with Crippen LogP contribution >= 0.6 is 0 Å². The Morgan fingerprint density at radius 3 is 2.71 bits per heavy atom. The summed E-state index contributed by atoms with van der Waals surface area (Å²) in [7, 11) is 1.41. The van der Waals surface area contributed by atoms with Gasteiger partial charge in [-0.25, -0.2) is 4.68 Å². The molecule has 0 saturated carbocycles. The molecule has 2 rings (SSSR count). The van der Waals surface area contributed by atoms with Gasteiger partial charge in [-0.05, 0) is 25.5 Å². The van der Waals surface area contributed by atoms with Crippen molar-refractivity contribution in [3.8, 4) is 5.69 Å². The van der Waals surface area contributed by atoms with E-state index in [1.54, 1.807) is 0 Å². The number of nitrogens with one attached hydrogen (secondary N) is 1. The zero-order chi connectivity index (χ0) is 15.2. The Hall–Kier alpha value is -2.14. The van der Waals surface area contributed by atoms with Gasteiger partial charge in [-0.15, -0.1) is 0 Å². The molecule has 1 atom stereocenters. The minimum absolute atomic E-state index is 0.231. The van der Waals surface area contributed by atoms with Gasteiger partial charge in [0.15, 0.2) is 0 Å². The van der Waals surface area contributed by atoms with Crippen LogP contribution in [0.15, 0.2) is 36.5 Å². The maximum Gasteiger partial charge on any atom is 0.322 e.